The number of thioether (sulfide) groups is 1. The zero-order valence-corrected chi connectivity index (χ0v) is 18.3. The second-order valence-electron chi connectivity index (χ2n) is 6.96. The summed E-state index contributed by atoms with van der Waals surface area (Å²) in [5, 5.41) is 2.81. The molecule has 4 rings (SSSR count). The SMILES string of the molecule is O=C(c1ccccc1SCc1cscn1)N1CCN(Cc2ccc(Cl)cc2)CC1. The summed E-state index contributed by atoms with van der Waals surface area (Å²) in [6, 6.07) is 15.9. The van der Waals surface area contributed by atoms with Crippen LogP contribution in [0.2, 0.25) is 5.02 Å². The number of aromatic nitrogens is 1. The van der Waals surface area contributed by atoms with Crippen LogP contribution in [0.1, 0.15) is 21.6 Å². The smallest absolute Gasteiger partial charge is 0.255 e. The molecule has 0 aliphatic carbocycles. The summed E-state index contributed by atoms with van der Waals surface area (Å²) in [7, 11) is 0. The molecule has 1 saturated heterocycles. The predicted octanol–water partition coefficient (Wildman–Crippen LogP) is 5.05. The monoisotopic (exact) mass is 443 g/mol. The van der Waals surface area contributed by atoms with Crippen molar-refractivity contribution in [2.24, 2.45) is 0 Å². The highest BCUT2D eigenvalue weighted by molar-refractivity contribution is 7.98. The lowest BCUT2D eigenvalue weighted by Gasteiger charge is -2.35. The molecular weight excluding hydrogens is 422 g/mol. The van der Waals surface area contributed by atoms with Gasteiger partial charge < -0.3 is 4.90 Å². The van der Waals surface area contributed by atoms with E-state index < -0.39 is 0 Å². The topological polar surface area (TPSA) is 36.4 Å². The highest BCUT2D eigenvalue weighted by atomic mass is 35.5. The van der Waals surface area contributed by atoms with Gasteiger partial charge in [-0.05, 0) is 29.8 Å². The molecule has 1 aromatic heterocycles. The summed E-state index contributed by atoms with van der Waals surface area (Å²) in [5.41, 5.74) is 4.94. The summed E-state index contributed by atoms with van der Waals surface area (Å²) < 4.78 is 0. The van der Waals surface area contributed by atoms with Crippen molar-refractivity contribution >= 4 is 40.6 Å². The predicted molar refractivity (Wildman–Crippen MR) is 121 cm³/mol. The Kier molecular flexibility index (Phi) is 6.87. The molecule has 1 aliphatic heterocycles. The molecule has 2 aromatic carbocycles. The number of benzene rings is 2. The summed E-state index contributed by atoms with van der Waals surface area (Å²) in [4.78, 5) is 22.9. The average molecular weight is 444 g/mol. The molecule has 0 unspecified atom stereocenters. The van der Waals surface area contributed by atoms with E-state index in [4.69, 9.17) is 11.6 Å². The van der Waals surface area contributed by atoms with E-state index in [1.165, 1.54) is 5.56 Å². The van der Waals surface area contributed by atoms with Gasteiger partial charge in [-0.3, -0.25) is 9.69 Å². The normalized spacial score (nSPS) is 14.9. The molecule has 0 atom stereocenters. The van der Waals surface area contributed by atoms with Crippen molar-refractivity contribution in [1.29, 1.82) is 0 Å². The molecule has 1 aliphatic rings. The number of amides is 1. The average Bonchev–Trinajstić information content (AvgIpc) is 3.28. The molecule has 1 amide bonds. The molecule has 0 bridgehead atoms. The lowest BCUT2D eigenvalue weighted by molar-refractivity contribution is 0.0625. The van der Waals surface area contributed by atoms with E-state index in [1.807, 2.05) is 46.8 Å². The van der Waals surface area contributed by atoms with Gasteiger partial charge in [0.15, 0.2) is 0 Å². The van der Waals surface area contributed by atoms with E-state index in [-0.39, 0.29) is 5.91 Å². The third-order valence-corrected chi connectivity index (χ3v) is 6.95. The minimum atomic E-state index is 0.123. The Morgan fingerprint density at radius 3 is 2.55 bits per heavy atom. The number of hydrogen-bond donors (Lipinski definition) is 0. The number of nitrogens with zero attached hydrogens (tertiary/aromatic N) is 3. The Morgan fingerprint density at radius 2 is 1.83 bits per heavy atom. The van der Waals surface area contributed by atoms with Crippen LogP contribution in [-0.4, -0.2) is 46.9 Å². The number of thiazole rings is 1. The Bertz CT molecular complexity index is 939. The lowest BCUT2D eigenvalue weighted by atomic mass is 10.1. The van der Waals surface area contributed by atoms with Gasteiger partial charge in [0.1, 0.15) is 0 Å². The van der Waals surface area contributed by atoms with Gasteiger partial charge in [0.2, 0.25) is 0 Å². The molecule has 4 nitrogen and oxygen atoms in total. The maximum atomic E-state index is 13.2. The number of piperazine rings is 1. The van der Waals surface area contributed by atoms with Crippen molar-refractivity contribution < 1.29 is 4.79 Å². The van der Waals surface area contributed by atoms with Crippen LogP contribution in [0.4, 0.5) is 0 Å². The van der Waals surface area contributed by atoms with Crippen LogP contribution in [0.3, 0.4) is 0 Å². The first kappa shape index (κ1) is 20.4. The maximum absolute atomic E-state index is 13.2. The van der Waals surface area contributed by atoms with E-state index in [0.717, 1.165) is 59.7 Å². The fraction of sp³-hybridized carbons (Fsp3) is 0.273. The van der Waals surface area contributed by atoms with Crippen LogP contribution in [0.5, 0.6) is 0 Å². The fourth-order valence-corrected chi connectivity index (χ4v) is 5.09. The van der Waals surface area contributed by atoms with E-state index >= 15 is 0 Å². The van der Waals surface area contributed by atoms with Gasteiger partial charge >= 0.3 is 0 Å². The van der Waals surface area contributed by atoms with Crippen LogP contribution in [-0.2, 0) is 12.3 Å². The number of hydrogen-bond acceptors (Lipinski definition) is 5. The van der Waals surface area contributed by atoms with Crippen LogP contribution in [0.15, 0.2) is 64.3 Å². The van der Waals surface area contributed by atoms with Crippen molar-refractivity contribution in [1.82, 2.24) is 14.8 Å². The standard InChI is InChI=1S/C22H22ClN3OS2/c23-18-7-5-17(6-8-18)13-25-9-11-26(12-10-25)22(27)20-3-1-2-4-21(20)29-15-19-14-28-16-24-19/h1-8,14,16H,9-13,15H2. The van der Waals surface area contributed by atoms with E-state index in [1.54, 1.807) is 23.1 Å². The molecule has 3 aromatic rings. The van der Waals surface area contributed by atoms with Crippen molar-refractivity contribution in [2.75, 3.05) is 26.2 Å². The molecule has 0 spiro atoms. The lowest BCUT2D eigenvalue weighted by Crippen LogP contribution is -2.48. The van der Waals surface area contributed by atoms with E-state index in [9.17, 15) is 4.79 Å². The minimum absolute atomic E-state index is 0.123. The molecule has 7 heteroatoms. The van der Waals surface area contributed by atoms with Crippen LogP contribution < -0.4 is 0 Å². The van der Waals surface area contributed by atoms with E-state index in [2.05, 4.69) is 27.4 Å². The largest absolute Gasteiger partial charge is 0.336 e. The summed E-state index contributed by atoms with van der Waals surface area (Å²) in [5.74, 6) is 0.903. The maximum Gasteiger partial charge on any atom is 0.255 e. The second-order valence-corrected chi connectivity index (χ2v) is 9.13. The number of carbonyl (C=O) groups excluding carboxylic acids is 1. The van der Waals surface area contributed by atoms with Gasteiger partial charge in [0, 0.05) is 53.8 Å². The first-order valence-electron chi connectivity index (χ1n) is 9.54. The number of carbonyl (C=O) groups is 1. The first-order chi connectivity index (χ1) is 14.2. The summed E-state index contributed by atoms with van der Waals surface area (Å²) >= 11 is 9.24. The molecule has 150 valence electrons. The van der Waals surface area contributed by atoms with Gasteiger partial charge in [0.25, 0.3) is 5.91 Å². The van der Waals surface area contributed by atoms with Crippen molar-refractivity contribution in [3.8, 4) is 0 Å². The van der Waals surface area contributed by atoms with Crippen molar-refractivity contribution in [3.63, 3.8) is 0 Å². The highest BCUT2D eigenvalue weighted by Gasteiger charge is 2.24. The van der Waals surface area contributed by atoms with E-state index in [0.29, 0.717) is 0 Å². The van der Waals surface area contributed by atoms with Crippen LogP contribution >= 0.6 is 34.7 Å². The van der Waals surface area contributed by atoms with Crippen molar-refractivity contribution in [3.05, 3.63) is 81.3 Å². The molecule has 1 fully saturated rings. The Balaban J connectivity index is 1.35. The molecular formula is C22H22ClN3OS2. The zero-order chi connectivity index (χ0) is 20.1. The van der Waals surface area contributed by atoms with Crippen molar-refractivity contribution in [2.45, 2.75) is 17.2 Å². The van der Waals surface area contributed by atoms with Gasteiger partial charge in [-0.15, -0.1) is 23.1 Å². The molecule has 0 N–H and O–H groups in total. The van der Waals surface area contributed by atoms with Crippen LogP contribution in [0, 0.1) is 0 Å². The second kappa shape index (κ2) is 9.76. The van der Waals surface area contributed by atoms with Crippen LogP contribution in [0.25, 0.3) is 0 Å². The molecule has 0 radical (unpaired) electrons. The zero-order valence-electron chi connectivity index (χ0n) is 16.0. The Labute approximate surface area is 184 Å². The number of rotatable bonds is 6. The highest BCUT2D eigenvalue weighted by Crippen LogP contribution is 2.27. The van der Waals surface area contributed by atoms with Gasteiger partial charge in [-0.2, -0.15) is 0 Å². The van der Waals surface area contributed by atoms with Gasteiger partial charge in [0.05, 0.1) is 16.8 Å². The molecule has 0 saturated carbocycles. The minimum Gasteiger partial charge on any atom is -0.336 e. The Hall–Kier alpha value is -1.86. The molecule has 2 heterocycles. The number of halogens is 1. The van der Waals surface area contributed by atoms with Gasteiger partial charge in [-0.1, -0.05) is 35.9 Å². The third-order valence-electron chi connectivity index (χ3n) is 4.96. The Morgan fingerprint density at radius 1 is 1.07 bits per heavy atom. The fourth-order valence-electron chi connectivity index (χ4n) is 3.36. The summed E-state index contributed by atoms with van der Waals surface area (Å²) in [6.07, 6.45) is 0. The first-order valence-corrected chi connectivity index (χ1v) is 11.8. The quantitative estimate of drug-likeness (QED) is 0.499. The summed E-state index contributed by atoms with van der Waals surface area (Å²) in [6.45, 7) is 4.14. The molecule has 29 heavy (non-hydrogen) atoms. The third kappa shape index (κ3) is 5.39. The van der Waals surface area contributed by atoms with Gasteiger partial charge in [-0.25, -0.2) is 4.98 Å².